The molecule has 11 heteroatoms. The molecule has 4 fully saturated rings. The van der Waals surface area contributed by atoms with Gasteiger partial charge in [0, 0.05) is 0 Å². The van der Waals surface area contributed by atoms with Crippen molar-refractivity contribution < 1.29 is 45.6 Å². The van der Waals surface area contributed by atoms with E-state index in [9.17, 15) is 26.8 Å². The third kappa shape index (κ3) is 4.64. The SMILES string of the molecule is CC(OC(=O)C(F)(F)S(=O)(=O)O)c1ccc(OCC(=O)OC2(C)C3CC4CC(C3)CC2C4)cc1. The number of hydrogen-bond acceptors (Lipinski definition) is 7. The zero-order chi connectivity index (χ0) is 24.9. The van der Waals surface area contributed by atoms with Gasteiger partial charge in [0.2, 0.25) is 0 Å². The van der Waals surface area contributed by atoms with Crippen molar-refractivity contribution in [1.29, 1.82) is 0 Å². The minimum Gasteiger partial charge on any atom is -0.482 e. The molecule has 0 spiro atoms. The molecular weight excluding hydrogens is 474 g/mol. The van der Waals surface area contributed by atoms with Gasteiger partial charge in [-0.15, -0.1) is 0 Å². The van der Waals surface area contributed by atoms with E-state index in [1.54, 1.807) is 0 Å². The molecule has 0 heterocycles. The molecule has 1 unspecified atom stereocenters. The van der Waals surface area contributed by atoms with E-state index in [1.165, 1.54) is 37.6 Å². The average Bonchev–Trinajstić information content (AvgIpc) is 2.75. The van der Waals surface area contributed by atoms with Crippen LogP contribution in [0.1, 0.15) is 57.6 Å². The summed E-state index contributed by atoms with van der Waals surface area (Å²) >= 11 is 0. The Labute approximate surface area is 196 Å². The van der Waals surface area contributed by atoms with Gasteiger partial charge in [0.25, 0.3) is 0 Å². The van der Waals surface area contributed by atoms with Crippen molar-refractivity contribution in [3.05, 3.63) is 29.8 Å². The summed E-state index contributed by atoms with van der Waals surface area (Å²) < 4.78 is 72.4. The molecule has 34 heavy (non-hydrogen) atoms. The molecule has 1 N–H and O–H groups in total. The van der Waals surface area contributed by atoms with Crippen molar-refractivity contribution in [2.24, 2.45) is 23.7 Å². The summed E-state index contributed by atoms with van der Waals surface area (Å²) in [5.41, 5.74) is -0.184. The lowest BCUT2D eigenvalue weighted by Crippen LogP contribution is -2.58. The fraction of sp³-hybridized carbons (Fsp3) is 0.652. The van der Waals surface area contributed by atoms with E-state index >= 15 is 0 Å². The van der Waals surface area contributed by atoms with Gasteiger partial charge in [-0.1, -0.05) is 12.1 Å². The Morgan fingerprint density at radius 2 is 1.62 bits per heavy atom. The van der Waals surface area contributed by atoms with E-state index in [-0.39, 0.29) is 12.2 Å². The number of rotatable bonds is 8. The van der Waals surface area contributed by atoms with Crippen molar-refractivity contribution in [3.8, 4) is 5.75 Å². The van der Waals surface area contributed by atoms with Crippen molar-refractivity contribution in [2.45, 2.75) is 62.9 Å². The van der Waals surface area contributed by atoms with Crippen LogP contribution in [-0.4, -0.2) is 42.4 Å². The monoisotopic (exact) mass is 502 g/mol. The van der Waals surface area contributed by atoms with E-state index in [0.717, 1.165) is 37.5 Å². The summed E-state index contributed by atoms with van der Waals surface area (Å²) in [7, 11) is -5.94. The molecule has 1 aromatic rings. The molecule has 4 aliphatic carbocycles. The predicted molar refractivity (Wildman–Crippen MR) is 114 cm³/mol. The van der Waals surface area contributed by atoms with Crippen molar-refractivity contribution in [3.63, 3.8) is 0 Å². The quantitative estimate of drug-likeness (QED) is 0.420. The minimum atomic E-state index is -5.94. The molecule has 0 amide bonds. The van der Waals surface area contributed by atoms with Gasteiger partial charge in [-0.2, -0.15) is 17.2 Å². The Morgan fingerprint density at radius 3 is 2.12 bits per heavy atom. The number of hydrogen-bond donors (Lipinski definition) is 1. The van der Waals surface area contributed by atoms with Crippen molar-refractivity contribution in [2.75, 3.05) is 6.61 Å². The van der Waals surface area contributed by atoms with Gasteiger partial charge >= 0.3 is 27.3 Å². The number of ether oxygens (including phenoxy) is 3. The van der Waals surface area contributed by atoms with Crippen LogP contribution >= 0.6 is 0 Å². The standard InChI is InChI=1S/C23H28F2O8S/c1-13(32-21(27)23(24,25)34(28,29)30)16-3-5-19(6-4-16)31-12-20(26)33-22(2)17-8-14-7-15(10-17)11-18(22)9-14/h3-6,13-15,17-18H,7-12H2,1-2H3,(H,28,29,30). The number of carbonyl (C=O) groups excluding carboxylic acids is 2. The highest BCUT2D eigenvalue weighted by Crippen LogP contribution is 2.59. The third-order valence-electron chi connectivity index (χ3n) is 7.64. The highest BCUT2D eigenvalue weighted by atomic mass is 32.2. The molecule has 1 aromatic carbocycles. The first-order chi connectivity index (χ1) is 15.8. The van der Waals surface area contributed by atoms with Crippen LogP contribution < -0.4 is 4.74 Å². The highest BCUT2D eigenvalue weighted by molar-refractivity contribution is 7.87. The molecule has 188 valence electrons. The first-order valence-electron chi connectivity index (χ1n) is 11.3. The normalized spacial score (nSPS) is 31.1. The molecule has 4 saturated carbocycles. The molecule has 8 nitrogen and oxygen atoms in total. The van der Waals surface area contributed by atoms with Crippen LogP contribution in [0.15, 0.2) is 24.3 Å². The molecule has 5 rings (SSSR count). The van der Waals surface area contributed by atoms with E-state index < -0.39 is 39.0 Å². The fourth-order valence-corrected chi connectivity index (χ4v) is 6.20. The molecule has 0 saturated heterocycles. The van der Waals surface area contributed by atoms with Crippen LogP contribution in [0, 0.1) is 23.7 Å². The van der Waals surface area contributed by atoms with Gasteiger partial charge in [-0.3, -0.25) is 4.55 Å². The number of benzene rings is 1. The van der Waals surface area contributed by atoms with Crippen LogP contribution in [-0.2, 0) is 29.2 Å². The largest absolute Gasteiger partial charge is 0.482 e. The van der Waals surface area contributed by atoms with Crippen LogP contribution in [0.2, 0.25) is 0 Å². The maximum Gasteiger partial charge on any atom is 0.465 e. The molecular formula is C23H28F2O8S. The molecule has 0 radical (unpaired) electrons. The van der Waals surface area contributed by atoms with Crippen LogP contribution in [0.4, 0.5) is 8.78 Å². The fourth-order valence-electron chi connectivity index (χ4n) is 5.94. The van der Waals surface area contributed by atoms with Crippen molar-refractivity contribution >= 4 is 22.1 Å². The third-order valence-corrected chi connectivity index (χ3v) is 8.46. The van der Waals surface area contributed by atoms with Gasteiger partial charge in [-0.05, 0) is 87.3 Å². The Hall–Kier alpha value is -2.27. The summed E-state index contributed by atoms with van der Waals surface area (Å²) in [4.78, 5) is 24.0. The average molecular weight is 503 g/mol. The van der Waals surface area contributed by atoms with Gasteiger partial charge < -0.3 is 14.2 Å². The highest BCUT2D eigenvalue weighted by Gasteiger charge is 2.57. The second-order valence-corrected chi connectivity index (χ2v) is 11.3. The predicted octanol–water partition coefficient (Wildman–Crippen LogP) is 3.91. The van der Waals surface area contributed by atoms with E-state index in [2.05, 4.69) is 4.74 Å². The smallest absolute Gasteiger partial charge is 0.465 e. The second kappa shape index (κ2) is 8.75. The molecule has 4 aliphatic rings. The van der Waals surface area contributed by atoms with Crippen LogP contribution in [0.5, 0.6) is 5.75 Å². The number of alkyl halides is 2. The summed E-state index contributed by atoms with van der Waals surface area (Å²) in [5, 5.41) is -5.07. The Morgan fingerprint density at radius 1 is 1.09 bits per heavy atom. The lowest BCUT2D eigenvalue weighted by Gasteiger charge is -2.59. The summed E-state index contributed by atoms with van der Waals surface area (Å²) in [6.07, 6.45) is 4.51. The van der Waals surface area contributed by atoms with Crippen LogP contribution in [0.25, 0.3) is 0 Å². The minimum absolute atomic E-state index is 0.274. The number of halogens is 2. The lowest BCUT2D eigenvalue weighted by atomic mass is 9.50. The Kier molecular flexibility index (Phi) is 6.39. The van der Waals surface area contributed by atoms with E-state index in [4.69, 9.17) is 14.0 Å². The zero-order valence-electron chi connectivity index (χ0n) is 18.9. The summed E-state index contributed by atoms with van der Waals surface area (Å²) in [5.74, 6) is -0.223. The van der Waals surface area contributed by atoms with Gasteiger partial charge in [-0.25, -0.2) is 9.59 Å². The lowest BCUT2D eigenvalue weighted by molar-refractivity contribution is -0.204. The Bertz CT molecular complexity index is 1030. The van der Waals surface area contributed by atoms with Crippen molar-refractivity contribution in [1.82, 2.24) is 0 Å². The summed E-state index contributed by atoms with van der Waals surface area (Å²) in [6, 6.07) is 5.75. The van der Waals surface area contributed by atoms with E-state index in [1.807, 2.05) is 6.92 Å². The van der Waals surface area contributed by atoms with Crippen LogP contribution in [0.3, 0.4) is 0 Å². The zero-order valence-corrected chi connectivity index (χ0v) is 19.7. The molecule has 0 aromatic heterocycles. The first kappa shape index (κ1) is 24.8. The maximum atomic E-state index is 13.4. The Balaban J connectivity index is 1.29. The second-order valence-electron chi connectivity index (χ2n) is 9.86. The molecule has 4 bridgehead atoms. The summed E-state index contributed by atoms with van der Waals surface area (Å²) in [6.45, 7) is 3.02. The number of esters is 2. The maximum absolute atomic E-state index is 13.4. The van der Waals surface area contributed by atoms with Gasteiger partial charge in [0.15, 0.2) is 6.61 Å². The van der Waals surface area contributed by atoms with E-state index in [0.29, 0.717) is 17.6 Å². The topological polar surface area (TPSA) is 116 Å². The molecule has 1 atom stereocenters. The van der Waals surface area contributed by atoms with Gasteiger partial charge in [0.05, 0.1) is 0 Å². The van der Waals surface area contributed by atoms with Gasteiger partial charge in [0.1, 0.15) is 17.5 Å². The first-order valence-corrected chi connectivity index (χ1v) is 12.7. The number of carbonyl (C=O) groups is 2. The molecule has 0 aliphatic heterocycles.